The Hall–Kier alpha value is -2.86. The van der Waals surface area contributed by atoms with Crippen LogP contribution in [0.3, 0.4) is 0 Å². The number of amides is 2. The normalized spacial score (nSPS) is 10.7. The summed E-state index contributed by atoms with van der Waals surface area (Å²) in [6.45, 7) is 2.98. The summed E-state index contributed by atoms with van der Waals surface area (Å²) in [7, 11) is 0. The smallest absolute Gasteiger partial charge is 0.251 e. The maximum absolute atomic E-state index is 12.0. The summed E-state index contributed by atoms with van der Waals surface area (Å²) in [5, 5.41) is 5.84. The second-order valence-corrected chi connectivity index (χ2v) is 6.17. The summed E-state index contributed by atoms with van der Waals surface area (Å²) in [5.41, 5.74) is 2.35. The van der Waals surface area contributed by atoms with Gasteiger partial charge in [0.15, 0.2) is 0 Å². The van der Waals surface area contributed by atoms with E-state index in [1.807, 2.05) is 31.2 Å². The number of benzene rings is 2. The van der Waals surface area contributed by atoms with Crippen molar-refractivity contribution >= 4 is 34.4 Å². The lowest BCUT2D eigenvalue weighted by molar-refractivity contribution is -0.120. The van der Waals surface area contributed by atoms with Crippen LogP contribution in [-0.2, 0) is 17.9 Å². The van der Waals surface area contributed by atoms with Gasteiger partial charge in [0.1, 0.15) is 5.82 Å². The van der Waals surface area contributed by atoms with Gasteiger partial charge in [-0.15, -0.1) is 0 Å². The first-order chi connectivity index (χ1) is 12.6. The van der Waals surface area contributed by atoms with Crippen molar-refractivity contribution in [2.75, 3.05) is 6.54 Å². The number of carbonyl (C=O) groups is 2. The SMILES string of the molecule is CCn1c(CNC(=O)CNC(=O)c2cccc(Cl)c2)nc2ccccc21. The van der Waals surface area contributed by atoms with E-state index in [1.165, 1.54) is 0 Å². The molecule has 0 saturated heterocycles. The van der Waals surface area contributed by atoms with Crippen LogP contribution in [0.2, 0.25) is 5.02 Å². The van der Waals surface area contributed by atoms with E-state index in [0.717, 1.165) is 23.4 Å². The Morgan fingerprint density at radius 1 is 1.12 bits per heavy atom. The summed E-state index contributed by atoms with van der Waals surface area (Å²) in [4.78, 5) is 28.6. The molecule has 0 radical (unpaired) electrons. The molecule has 0 saturated carbocycles. The van der Waals surface area contributed by atoms with Crippen LogP contribution < -0.4 is 10.6 Å². The molecule has 2 aromatic carbocycles. The third-order valence-electron chi connectivity index (χ3n) is 3.99. The number of aromatic nitrogens is 2. The van der Waals surface area contributed by atoms with Crippen LogP contribution in [0.25, 0.3) is 11.0 Å². The zero-order valence-corrected chi connectivity index (χ0v) is 15.1. The summed E-state index contributed by atoms with van der Waals surface area (Å²) in [6.07, 6.45) is 0. The van der Waals surface area contributed by atoms with Crippen molar-refractivity contribution in [3.63, 3.8) is 0 Å². The van der Waals surface area contributed by atoms with Crippen molar-refractivity contribution in [3.8, 4) is 0 Å². The van der Waals surface area contributed by atoms with E-state index < -0.39 is 0 Å². The van der Waals surface area contributed by atoms with E-state index in [9.17, 15) is 9.59 Å². The molecule has 0 aliphatic rings. The number of nitrogens with one attached hydrogen (secondary N) is 2. The number of hydrogen-bond acceptors (Lipinski definition) is 3. The highest BCUT2D eigenvalue weighted by Gasteiger charge is 2.11. The standard InChI is InChI=1S/C19H19ClN4O2/c1-2-24-16-9-4-3-8-15(16)23-17(24)11-21-18(25)12-22-19(26)13-6-5-7-14(20)10-13/h3-10H,2,11-12H2,1H3,(H,21,25)(H,22,26). The Bertz CT molecular complexity index is 952. The second-order valence-electron chi connectivity index (χ2n) is 5.73. The molecule has 134 valence electrons. The average molecular weight is 371 g/mol. The summed E-state index contributed by atoms with van der Waals surface area (Å²) in [5.74, 6) is 0.154. The largest absolute Gasteiger partial charge is 0.347 e. The van der Waals surface area contributed by atoms with Crippen LogP contribution in [0.15, 0.2) is 48.5 Å². The zero-order valence-electron chi connectivity index (χ0n) is 14.3. The predicted molar refractivity (Wildman–Crippen MR) is 101 cm³/mol. The van der Waals surface area contributed by atoms with E-state index in [4.69, 9.17) is 11.6 Å². The molecule has 26 heavy (non-hydrogen) atoms. The van der Waals surface area contributed by atoms with E-state index in [-0.39, 0.29) is 18.4 Å². The first-order valence-corrected chi connectivity index (χ1v) is 8.71. The van der Waals surface area contributed by atoms with Crippen molar-refractivity contribution in [1.29, 1.82) is 0 Å². The van der Waals surface area contributed by atoms with Crippen molar-refractivity contribution < 1.29 is 9.59 Å². The van der Waals surface area contributed by atoms with Crippen LogP contribution >= 0.6 is 11.6 Å². The van der Waals surface area contributed by atoms with Crippen molar-refractivity contribution in [1.82, 2.24) is 20.2 Å². The topological polar surface area (TPSA) is 76.0 Å². The summed E-state index contributed by atoms with van der Waals surface area (Å²) < 4.78 is 2.06. The van der Waals surface area contributed by atoms with Crippen molar-refractivity contribution in [3.05, 3.63) is 64.9 Å². The minimum absolute atomic E-state index is 0.113. The quantitative estimate of drug-likeness (QED) is 0.700. The van der Waals surface area contributed by atoms with E-state index in [1.54, 1.807) is 24.3 Å². The minimum atomic E-state index is -0.344. The van der Waals surface area contributed by atoms with Gasteiger partial charge in [0.05, 0.1) is 24.1 Å². The molecule has 2 amide bonds. The van der Waals surface area contributed by atoms with Crippen molar-refractivity contribution in [2.45, 2.75) is 20.0 Å². The zero-order chi connectivity index (χ0) is 18.5. The number of nitrogens with zero attached hydrogens (tertiary/aromatic N) is 2. The molecular formula is C19H19ClN4O2. The Kier molecular flexibility index (Phi) is 5.53. The second kappa shape index (κ2) is 8.01. The number of aryl methyl sites for hydroxylation is 1. The number of rotatable bonds is 6. The lowest BCUT2D eigenvalue weighted by atomic mass is 10.2. The van der Waals surface area contributed by atoms with Crippen LogP contribution in [0.4, 0.5) is 0 Å². The Labute approximate surface area is 156 Å². The van der Waals surface area contributed by atoms with Crippen LogP contribution in [0, 0.1) is 0 Å². The Morgan fingerprint density at radius 2 is 1.92 bits per heavy atom. The van der Waals surface area contributed by atoms with Crippen LogP contribution in [0.1, 0.15) is 23.1 Å². The van der Waals surface area contributed by atoms with E-state index in [0.29, 0.717) is 17.1 Å². The molecule has 0 spiro atoms. The summed E-state index contributed by atoms with van der Waals surface area (Å²) in [6, 6.07) is 14.4. The maximum atomic E-state index is 12.0. The van der Waals surface area contributed by atoms with Crippen molar-refractivity contribution in [2.24, 2.45) is 0 Å². The fourth-order valence-electron chi connectivity index (χ4n) is 2.75. The van der Waals surface area contributed by atoms with Gasteiger partial charge >= 0.3 is 0 Å². The van der Waals surface area contributed by atoms with E-state index in [2.05, 4.69) is 20.2 Å². The molecule has 2 N–H and O–H groups in total. The van der Waals surface area contributed by atoms with Gasteiger partial charge in [-0.05, 0) is 37.3 Å². The minimum Gasteiger partial charge on any atom is -0.347 e. The highest BCUT2D eigenvalue weighted by Crippen LogP contribution is 2.15. The van der Waals surface area contributed by atoms with Gasteiger partial charge in [0.2, 0.25) is 5.91 Å². The van der Waals surface area contributed by atoms with Gasteiger partial charge in [-0.3, -0.25) is 9.59 Å². The molecule has 0 aliphatic heterocycles. The molecule has 0 unspecified atom stereocenters. The van der Waals surface area contributed by atoms with Gasteiger partial charge in [-0.2, -0.15) is 0 Å². The molecule has 1 heterocycles. The summed E-state index contributed by atoms with van der Waals surface area (Å²) >= 11 is 5.86. The molecule has 0 atom stereocenters. The Morgan fingerprint density at radius 3 is 2.69 bits per heavy atom. The van der Waals surface area contributed by atoms with Crippen LogP contribution in [0.5, 0.6) is 0 Å². The fraction of sp³-hybridized carbons (Fsp3) is 0.211. The fourth-order valence-corrected chi connectivity index (χ4v) is 2.94. The average Bonchev–Trinajstić information content (AvgIpc) is 3.01. The first kappa shape index (κ1) is 17.9. The maximum Gasteiger partial charge on any atom is 0.251 e. The van der Waals surface area contributed by atoms with Gasteiger partial charge in [0, 0.05) is 17.1 Å². The molecule has 0 fully saturated rings. The first-order valence-electron chi connectivity index (χ1n) is 8.33. The Balaban J connectivity index is 1.57. The van der Waals surface area contributed by atoms with Crippen LogP contribution in [-0.4, -0.2) is 27.9 Å². The van der Waals surface area contributed by atoms with E-state index >= 15 is 0 Å². The molecular weight excluding hydrogens is 352 g/mol. The highest BCUT2D eigenvalue weighted by atomic mass is 35.5. The number of fused-ring (bicyclic) bond motifs is 1. The molecule has 7 heteroatoms. The number of halogens is 1. The molecule has 1 aromatic heterocycles. The molecule has 0 aliphatic carbocycles. The lowest BCUT2D eigenvalue weighted by Gasteiger charge is -2.09. The van der Waals surface area contributed by atoms with Gasteiger partial charge in [-0.1, -0.05) is 29.8 Å². The van der Waals surface area contributed by atoms with Gasteiger partial charge in [0.25, 0.3) is 5.91 Å². The van der Waals surface area contributed by atoms with Gasteiger partial charge in [-0.25, -0.2) is 4.98 Å². The number of hydrogen-bond donors (Lipinski definition) is 2. The molecule has 0 bridgehead atoms. The third-order valence-corrected chi connectivity index (χ3v) is 4.22. The highest BCUT2D eigenvalue weighted by molar-refractivity contribution is 6.30. The number of carbonyl (C=O) groups excluding carboxylic acids is 2. The predicted octanol–water partition coefficient (Wildman–Crippen LogP) is 2.76. The molecule has 3 aromatic rings. The molecule has 6 nitrogen and oxygen atoms in total. The lowest BCUT2D eigenvalue weighted by Crippen LogP contribution is -2.37. The molecule has 3 rings (SSSR count). The number of imidazole rings is 1. The monoisotopic (exact) mass is 370 g/mol. The number of para-hydroxylation sites is 2. The van der Waals surface area contributed by atoms with Gasteiger partial charge < -0.3 is 15.2 Å². The third kappa shape index (κ3) is 4.03.